The Morgan fingerprint density at radius 3 is 2.63 bits per heavy atom. The van der Waals surface area contributed by atoms with Crippen LogP contribution in [-0.2, 0) is 11.3 Å². The smallest absolute Gasteiger partial charge is 0.407 e. The first kappa shape index (κ1) is 19.1. The standard InChI is InChI=1S/C21H23F2NO3/c1-21(2,3)27-20(25)24-17-11-15(17)19-16(23)8-5-9-18(19)26-12-13-6-4-7-14(22)10-13/h4-10,15,17H,11-12H2,1-3H3,(H,24,25)/t15-,17-/m1/s1. The molecule has 1 amide bonds. The van der Waals surface area contributed by atoms with Crippen molar-refractivity contribution in [3.63, 3.8) is 0 Å². The normalized spacial score (nSPS) is 18.7. The number of rotatable bonds is 5. The molecule has 0 spiro atoms. The molecule has 1 aliphatic carbocycles. The summed E-state index contributed by atoms with van der Waals surface area (Å²) < 4.78 is 38.7. The number of alkyl carbamates (subject to hydrolysis) is 1. The molecule has 0 radical (unpaired) electrons. The zero-order chi connectivity index (χ0) is 19.6. The van der Waals surface area contributed by atoms with Crippen molar-refractivity contribution in [3.05, 3.63) is 65.2 Å². The third-order valence-electron chi connectivity index (χ3n) is 4.16. The van der Waals surface area contributed by atoms with E-state index in [1.165, 1.54) is 18.2 Å². The predicted octanol–water partition coefficient (Wildman–Crippen LogP) is 4.92. The minimum atomic E-state index is -0.592. The number of benzene rings is 2. The molecule has 1 fully saturated rings. The Morgan fingerprint density at radius 1 is 1.19 bits per heavy atom. The molecule has 0 saturated heterocycles. The van der Waals surface area contributed by atoms with Crippen molar-refractivity contribution in [2.24, 2.45) is 0 Å². The molecule has 0 aliphatic heterocycles. The van der Waals surface area contributed by atoms with Gasteiger partial charge in [0.1, 0.15) is 29.6 Å². The number of hydrogen-bond donors (Lipinski definition) is 1. The Kier molecular flexibility index (Phi) is 5.35. The molecule has 27 heavy (non-hydrogen) atoms. The van der Waals surface area contributed by atoms with Crippen LogP contribution in [0.2, 0.25) is 0 Å². The third kappa shape index (κ3) is 5.18. The summed E-state index contributed by atoms with van der Waals surface area (Å²) in [5.74, 6) is -0.511. The number of ether oxygens (including phenoxy) is 2. The summed E-state index contributed by atoms with van der Waals surface area (Å²) >= 11 is 0. The molecule has 2 atom stereocenters. The van der Waals surface area contributed by atoms with E-state index in [0.717, 1.165) is 0 Å². The molecule has 6 heteroatoms. The Labute approximate surface area is 157 Å². The van der Waals surface area contributed by atoms with Crippen LogP contribution in [0, 0.1) is 11.6 Å². The van der Waals surface area contributed by atoms with Crippen molar-refractivity contribution < 1.29 is 23.0 Å². The fourth-order valence-corrected chi connectivity index (χ4v) is 2.92. The average Bonchev–Trinajstić information content (AvgIpc) is 3.29. The maximum absolute atomic E-state index is 14.4. The van der Waals surface area contributed by atoms with E-state index < -0.39 is 11.7 Å². The van der Waals surface area contributed by atoms with E-state index >= 15 is 0 Å². The van der Waals surface area contributed by atoms with E-state index in [1.807, 2.05) is 0 Å². The van der Waals surface area contributed by atoms with Gasteiger partial charge in [-0.15, -0.1) is 0 Å². The summed E-state index contributed by atoms with van der Waals surface area (Å²) in [6.07, 6.45) is 0.0878. The zero-order valence-electron chi connectivity index (χ0n) is 15.6. The van der Waals surface area contributed by atoms with Crippen molar-refractivity contribution in [1.82, 2.24) is 5.32 Å². The minimum Gasteiger partial charge on any atom is -0.489 e. The van der Waals surface area contributed by atoms with E-state index in [0.29, 0.717) is 23.3 Å². The highest BCUT2D eigenvalue weighted by Crippen LogP contribution is 2.46. The van der Waals surface area contributed by atoms with Gasteiger partial charge < -0.3 is 14.8 Å². The number of carbonyl (C=O) groups excluding carboxylic acids is 1. The van der Waals surface area contributed by atoms with Crippen molar-refractivity contribution in [2.75, 3.05) is 0 Å². The Balaban J connectivity index is 1.67. The number of nitrogens with one attached hydrogen (secondary N) is 1. The van der Waals surface area contributed by atoms with Gasteiger partial charge in [0.25, 0.3) is 0 Å². The molecule has 0 aromatic heterocycles. The first-order valence-electron chi connectivity index (χ1n) is 8.88. The summed E-state index contributed by atoms with van der Waals surface area (Å²) in [6.45, 7) is 5.48. The lowest BCUT2D eigenvalue weighted by Gasteiger charge is -2.20. The summed E-state index contributed by atoms with van der Waals surface area (Å²) in [5.41, 5.74) is 0.491. The van der Waals surface area contributed by atoms with Crippen LogP contribution in [0.25, 0.3) is 0 Å². The first-order chi connectivity index (χ1) is 12.7. The van der Waals surface area contributed by atoms with Crippen LogP contribution in [0.15, 0.2) is 42.5 Å². The zero-order valence-corrected chi connectivity index (χ0v) is 15.6. The second-order valence-corrected chi connectivity index (χ2v) is 7.67. The van der Waals surface area contributed by atoms with E-state index in [1.54, 1.807) is 45.0 Å². The highest BCUT2D eigenvalue weighted by molar-refractivity contribution is 5.69. The van der Waals surface area contributed by atoms with E-state index in [9.17, 15) is 13.6 Å². The van der Waals surface area contributed by atoms with Crippen LogP contribution >= 0.6 is 0 Å². The van der Waals surface area contributed by atoms with Crippen LogP contribution in [0.5, 0.6) is 5.75 Å². The molecule has 0 heterocycles. The number of halogens is 2. The fourth-order valence-electron chi connectivity index (χ4n) is 2.92. The summed E-state index contributed by atoms with van der Waals surface area (Å²) in [4.78, 5) is 11.9. The molecular formula is C21H23F2NO3. The Hall–Kier alpha value is -2.63. The molecule has 1 saturated carbocycles. The van der Waals surface area contributed by atoms with Gasteiger partial charge in [-0.2, -0.15) is 0 Å². The van der Waals surface area contributed by atoms with Gasteiger partial charge in [-0.1, -0.05) is 18.2 Å². The molecule has 1 aliphatic rings. The molecule has 3 rings (SSSR count). The van der Waals surface area contributed by atoms with Gasteiger partial charge in [-0.25, -0.2) is 13.6 Å². The Morgan fingerprint density at radius 2 is 1.93 bits per heavy atom. The Bertz CT molecular complexity index is 832. The van der Waals surface area contributed by atoms with E-state index in [-0.39, 0.29) is 30.2 Å². The van der Waals surface area contributed by atoms with Crippen LogP contribution in [-0.4, -0.2) is 17.7 Å². The van der Waals surface area contributed by atoms with Crippen molar-refractivity contribution in [1.29, 1.82) is 0 Å². The molecule has 4 nitrogen and oxygen atoms in total. The topological polar surface area (TPSA) is 47.6 Å². The van der Waals surface area contributed by atoms with Crippen molar-refractivity contribution in [2.45, 2.75) is 51.4 Å². The molecular weight excluding hydrogens is 352 g/mol. The lowest BCUT2D eigenvalue weighted by atomic mass is 10.1. The van der Waals surface area contributed by atoms with Gasteiger partial charge >= 0.3 is 6.09 Å². The molecule has 144 valence electrons. The van der Waals surface area contributed by atoms with E-state index in [2.05, 4.69) is 5.32 Å². The first-order valence-corrected chi connectivity index (χ1v) is 8.88. The molecule has 2 aromatic carbocycles. The maximum Gasteiger partial charge on any atom is 0.407 e. The van der Waals surface area contributed by atoms with E-state index in [4.69, 9.17) is 9.47 Å². The number of hydrogen-bond acceptors (Lipinski definition) is 3. The highest BCUT2D eigenvalue weighted by atomic mass is 19.1. The molecule has 1 N–H and O–H groups in total. The van der Waals surface area contributed by atoms with Crippen LogP contribution < -0.4 is 10.1 Å². The molecule has 2 aromatic rings. The van der Waals surface area contributed by atoms with Crippen LogP contribution in [0.3, 0.4) is 0 Å². The maximum atomic E-state index is 14.4. The van der Waals surface area contributed by atoms with Gasteiger partial charge in [0.15, 0.2) is 0 Å². The fraction of sp³-hybridized carbons (Fsp3) is 0.381. The monoisotopic (exact) mass is 375 g/mol. The second kappa shape index (κ2) is 7.55. The lowest BCUT2D eigenvalue weighted by molar-refractivity contribution is 0.0522. The van der Waals surface area contributed by atoms with Crippen LogP contribution in [0.4, 0.5) is 13.6 Å². The summed E-state index contributed by atoms with van der Waals surface area (Å²) in [5, 5.41) is 2.76. The largest absolute Gasteiger partial charge is 0.489 e. The van der Waals surface area contributed by atoms with Gasteiger partial charge in [0.05, 0.1) is 0 Å². The van der Waals surface area contributed by atoms with Gasteiger partial charge in [-0.05, 0) is 57.0 Å². The number of carbonyl (C=O) groups is 1. The summed E-state index contributed by atoms with van der Waals surface area (Å²) in [7, 11) is 0. The lowest BCUT2D eigenvalue weighted by Crippen LogP contribution is -2.34. The average molecular weight is 375 g/mol. The SMILES string of the molecule is CC(C)(C)OC(=O)N[C@@H]1C[C@H]1c1c(F)cccc1OCc1cccc(F)c1. The van der Waals surface area contributed by atoms with Crippen LogP contribution in [0.1, 0.15) is 44.2 Å². The molecule has 0 unspecified atom stereocenters. The van der Waals surface area contributed by atoms with Gasteiger partial charge in [0.2, 0.25) is 0 Å². The summed E-state index contributed by atoms with van der Waals surface area (Å²) in [6, 6.07) is 10.5. The van der Waals surface area contributed by atoms with Crippen molar-refractivity contribution in [3.8, 4) is 5.75 Å². The predicted molar refractivity (Wildman–Crippen MR) is 97.6 cm³/mol. The highest BCUT2D eigenvalue weighted by Gasteiger charge is 2.43. The number of amides is 1. The quantitative estimate of drug-likeness (QED) is 0.807. The third-order valence-corrected chi connectivity index (χ3v) is 4.16. The second-order valence-electron chi connectivity index (χ2n) is 7.67. The molecule has 0 bridgehead atoms. The van der Waals surface area contributed by atoms with Gasteiger partial charge in [0, 0.05) is 17.5 Å². The minimum absolute atomic E-state index is 0.130. The van der Waals surface area contributed by atoms with Gasteiger partial charge in [-0.3, -0.25) is 0 Å². The van der Waals surface area contributed by atoms with Crippen molar-refractivity contribution >= 4 is 6.09 Å².